The largest absolute Gasteiger partial charge is 0.352 e. The van der Waals surface area contributed by atoms with Crippen LogP contribution in [0.15, 0.2) is 0 Å². The second-order valence-corrected chi connectivity index (χ2v) is 11.1. The van der Waals surface area contributed by atoms with E-state index >= 15 is 0 Å². The zero-order chi connectivity index (χ0) is 20.9. The van der Waals surface area contributed by atoms with E-state index in [2.05, 4.69) is 37.9 Å². The second-order valence-electron chi connectivity index (χ2n) is 9.17. The molecule has 0 radical (unpaired) electrons. The van der Waals surface area contributed by atoms with E-state index in [0.29, 0.717) is 57.1 Å². The molecule has 1 unspecified atom stereocenters. The second kappa shape index (κ2) is 10.4. The molecule has 2 aliphatic rings. The van der Waals surface area contributed by atoms with Crippen LogP contribution in [0.1, 0.15) is 60.3 Å². The van der Waals surface area contributed by atoms with Crippen LogP contribution in [0, 0.1) is 11.8 Å². The van der Waals surface area contributed by atoms with Crippen LogP contribution in [0.4, 0.5) is 0 Å². The number of rotatable bonds is 11. The third-order valence-electron chi connectivity index (χ3n) is 5.69. The minimum atomic E-state index is -3.45. The van der Waals surface area contributed by atoms with Gasteiger partial charge in [0.15, 0.2) is 0 Å². The van der Waals surface area contributed by atoms with Crippen LogP contribution in [0.25, 0.3) is 0 Å². The van der Waals surface area contributed by atoms with Crippen LogP contribution in [0.3, 0.4) is 0 Å². The van der Waals surface area contributed by atoms with E-state index in [1.165, 1.54) is 0 Å². The van der Waals surface area contributed by atoms with Crippen molar-refractivity contribution >= 4 is 16.1 Å². The maximum atomic E-state index is 13.2. The molecule has 1 saturated heterocycles. The van der Waals surface area contributed by atoms with E-state index in [1.807, 2.05) is 6.92 Å². The van der Waals surface area contributed by atoms with Crippen LogP contribution >= 0.6 is 0 Å². The number of nitrogens with zero attached hydrogens (tertiary/aromatic N) is 3. The Hall–Kier alpha value is -0.700. The summed E-state index contributed by atoms with van der Waals surface area (Å²) in [5.41, 5.74) is 0. The summed E-state index contributed by atoms with van der Waals surface area (Å²) in [6.07, 6.45) is 3.89. The molecule has 0 aromatic carbocycles. The first-order valence-corrected chi connectivity index (χ1v) is 12.3. The lowest BCUT2D eigenvalue weighted by molar-refractivity contribution is -0.126. The number of hydrogen-bond acceptors (Lipinski definition) is 4. The Bertz CT molecular complexity index is 585. The Morgan fingerprint density at radius 3 is 1.89 bits per heavy atom. The number of piperazine rings is 1. The molecule has 28 heavy (non-hydrogen) atoms. The van der Waals surface area contributed by atoms with Crippen LogP contribution < -0.4 is 5.32 Å². The summed E-state index contributed by atoms with van der Waals surface area (Å²) >= 11 is 0. The van der Waals surface area contributed by atoms with Gasteiger partial charge in [-0.1, -0.05) is 27.7 Å². The number of hydrogen-bond donors (Lipinski definition) is 1. The lowest BCUT2D eigenvalue weighted by Crippen LogP contribution is -2.57. The molecule has 1 N–H and O–H groups in total. The van der Waals surface area contributed by atoms with Crippen molar-refractivity contribution in [2.45, 2.75) is 72.4 Å². The SMILES string of the molecule is CC(C)CCN(CCC(C)C)S(=O)(=O)N1CCN(C(C)C(=O)NC2CC2)CC1. The summed E-state index contributed by atoms with van der Waals surface area (Å²) in [5, 5.41) is 3.04. The number of carbonyl (C=O) groups is 1. The highest BCUT2D eigenvalue weighted by Gasteiger charge is 2.35. The fourth-order valence-corrected chi connectivity index (χ4v) is 4.97. The van der Waals surface area contributed by atoms with Crippen molar-refractivity contribution in [3.8, 4) is 0 Å². The Morgan fingerprint density at radius 1 is 0.964 bits per heavy atom. The predicted octanol–water partition coefficient (Wildman–Crippen LogP) is 1.91. The zero-order valence-electron chi connectivity index (χ0n) is 18.4. The van der Waals surface area contributed by atoms with Gasteiger partial charge in [0.1, 0.15) is 0 Å². The summed E-state index contributed by atoms with van der Waals surface area (Å²) in [6, 6.07) is 0.149. The molecule has 0 spiro atoms. The van der Waals surface area contributed by atoms with Crippen LogP contribution in [-0.2, 0) is 15.0 Å². The quantitative estimate of drug-likeness (QED) is 0.558. The summed E-state index contributed by atoms with van der Waals surface area (Å²) in [7, 11) is -3.45. The minimum absolute atomic E-state index is 0.0642. The minimum Gasteiger partial charge on any atom is -0.352 e. The molecule has 0 aromatic heterocycles. The first-order valence-electron chi connectivity index (χ1n) is 10.9. The lowest BCUT2D eigenvalue weighted by Gasteiger charge is -2.39. The van der Waals surface area contributed by atoms with Gasteiger partial charge in [-0.2, -0.15) is 17.0 Å². The topological polar surface area (TPSA) is 73.0 Å². The normalized spacial score (nSPS) is 20.9. The van der Waals surface area contributed by atoms with Crippen molar-refractivity contribution in [3.63, 3.8) is 0 Å². The van der Waals surface area contributed by atoms with E-state index in [4.69, 9.17) is 0 Å². The molecule has 1 atom stereocenters. The molecule has 2 rings (SSSR count). The lowest BCUT2D eigenvalue weighted by atomic mass is 10.1. The van der Waals surface area contributed by atoms with Crippen molar-refractivity contribution in [2.24, 2.45) is 11.8 Å². The molecule has 1 heterocycles. The molecule has 2 fully saturated rings. The standard InChI is InChI=1S/C20H40N4O3S/c1-16(2)8-10-23(11-9-17(3)4)28(26,27)24-14-12-22(13-15-24)18(5)20(25)21-19-6-7-19/h16-19H,6-15H2,1-5H3,(H,21,25). The van der Waals surface area contributed by atoms with Crippen molar-refractivity contribution in [3.05, 3.63) is 0 Å². The van der Waals surface area contributed by atoms with Gasteiger partial charge in [0.05, 0.1) is 6.04 Å². The first kappa shape index (κ1) is 23.6. The van der Waals surface area contributed by atoms with Gasteiger partial charge in [0, 0.05) is 45.3 Å². The van der Waals surface area contributed by atoms with Crippen LogP contribution in [0.2, 0.25) is 0 Å². The molecule has 164 valence electrons. The van der Waals surface area contributed by atoms with Crippen molar-refractivity contribution in [2.75, 3.05) is 39.3 Å². The molecule has 1 amide bonds. The van der Waals surface area contributed by atoms with Gasteiger partial charge in [-0.3, -0.25) is 9.69 Å². The number of amides is 1. The fraction of sp³-hybridized carbons (Fsp3) is 0.950. The molecular formula is C20H40N4O3S. The predicted molar refractivity (Wildman–Crippen MR) is 113 cm³/mol. The van der Waals surface area contributed by atoms with Gasteiger partial charge >= 0.3 is 0 Å². The third kappa shape index (κ3) is 6.97. The zero-order valence-corrected chi connectivity index (χ0v) is 19.2. The molecule has 8 heteroatoms. The number of carbonyl (C=O) groups excluding carboxylic acids is 1. The van der Waals surface area contributed by atoms with Crippen molar-refractivity contribution in [1.29, 1.82) is 0 Å². The molecule has 1 aliphatic heterocycles. The van der Waals surface area contributed by atoms with Gasteiger partial charge in [0.25, 0.3) is 10.2 Å². The molecular weight excluding hydrogens is 376 g/mol. The summed E-state index contributed by atoms with van der Waals surface area (Å²) in [4.78, 5) is 14.4. The van der Waals surface area contributed by atoms with Gasteiger partial charge in [-0.05, 0) is 44.4 Å². The smallest absolute Gasteiger partial charge is 0.282 e. The maximum absolute atomic E-state index is 13.2. The van der Waals surface area contributed by atoms with Gasteiger partial charge in [0.2, 0.25) is 5.91 Å². The summed E-state index contributed by atoms with van der Waals surface area (Å²) in [5.74, 6) is 1.01. The van der Waals surface area contributed by atoms with Crippen molar-refractivity contribution < 1.29 is 13.2 Å². The van der Waals surface area contributed by atoms with Gasteiger partial charge < -0.3 is 5.32 Å². The van der Waals surface area contributed by atoms with Gasteiger partial charge in [-0.25, -0.2) is 0 Å². The monoisotopic (exact) mass is 416 g/mol. The summed E-state index contributed by atoms with van der Waals surface area (Å²) < 4.78 is 29.7. The van der Waals surface area contributed by atoms with E-state index in [0.717, 1.165) is 25.7 Å². The Morgan fingerprint density at radius 2 is 1.46 bits per heavy atom. The van der Waals surface area contributed by atoms with E-state index in [1.54, 1.807) is 8.61 Å². The molecule has 7 nitrogen and oxygen atoms in total. The fourth-order valence-electron chi connectivity index (χ4n) is 3.35. The first-order chi connectivity index (χ1) is 13.1. The van der Waals surface area contributed by atoms with Gasteiger partial charge in [-0.15, -0.1) is 0 Å². The highest BCUT2D eigenvalue weighted by molar-refractivity contribution is 7.86. The third-order valence-corrected chi connectivity index (χ3v) is 7.72. The summed E-state index contributed by atoms with van der Waals surface area (Å²) in [6.45, 7) is 13.7. The Balaban J connectivity index is 1.93. The Labute approximate surface area is 172 Å². The molecule has 1 aliphatic carbocycles. The van der Waals surface area contributed by atoms with E-state index in [-0.39, 0.29) is 11.9 Å². The molecule has 0 aromatic rings. The molecule has 0 bridgehead atoms. The average molecular weight is 417 g/mol. The number of nitrogens with one attached hydrogen (secondary N) is 1. The average Bonchev–Trinajstić information content (AvgIpc) is 3.44. The highest BCUT2D eigenvalue weighted by Crippen LogP contribution is 2.20. The van der Waals surface area contributed by atoms with E-state index < -0.39 is 10.2 Å². The van der Waals surface area contributed by atoms with Crippen molar-refractivity contribution in [1.82, 2.24) is 18.8 Å². The Kier molecular flexibility index (Phi) is 8.73. The molecule has 1 saturated carbocycles. The highest BCUT2D eigenvalue weighted by atomic mass is 32.2. The maximum Gasteiger partial charge on any atom is 0.282 e. The van der Waals surface area contributed by atoms with Crippen LogP contribution in [0.5, 0.6) is 0 Å². The van der Waals surface area contributed by atoms with E-state index in [9.17, 15) is 13.2 Å². The van der Waals surface area contributed by atoms with Crippen LogP contribution in [-0.4, -0.2) is 79.2 Å².